The molecule has 1 atom stereocenters. The first-order chi connectivity index (χ1) is 9.02. The quantitative estimate of drug-likeness (QED) is 0.913. The van der Waals surface area contributed by atoms with E-state index in [1.165, 1.54) is 0 Å². The summed E-state index contributed by atoms with van der Waals surface area (Å²) in [5.41, 5.74) is 9.09. The van der Waals surface area contributed by atoms with E-state index in [1.807, 2.05) is 25.1 Å². The van der Waals surface area contributed by atoms with E-state index in [0.29, 0.717) is 10.0 Å². The van der Waals surface area contributed by atoms with Gasteiger partial charge in [0.05, 0.1) is 13.2 Å². The van der Waals surface area contributed by atoms with Crippen molar-refractivity contribution in [1.29, 1.82) is 0 Å². The summed E-state index contributed by atoms with van der Waals surface area (Å²) in [6, 6.07) is 10.8. The molecule has 100 valence electrons. The van der Waals surface area contributed by atoms with Crippen molar-refractivity contribution in [3.63, 3.8) is 0 Å². The van der Waals surface area contributed by atoms with Gasteiger partial charge in [-0.2, -0.15) is 0 Å². The van der Waals surface area contributed by atoms with E-state index in [2.05, 4.69) is 0 Å². The molecular formula is C15H15Cl2NO. The summed E-state index contributed by atoms with van der Waals surface area (Å²) in [7, 11) is 1.65. The van der Waals surface area contributed by atoms with Crippen molar-refractivity contribution in [2.45, 2.75) is 13.0 Å². The normalized spacial score (nSPS) is 12.3. The molecule has 0 bridgehead atoms. The lowest BCUT2D eigenvalue weighted by molar-refractivity contribution is 0.411. The van der Waals surface area contributed by atoms with Crippen LogP contribution in [0.5, 0.6) is 5.75 Å². The van der Waals surface area contributed by atoms with E-state index in [9.17, 15) is 0 Å². The monoisotopic (exact) mass is 295 g/mol. The molecule has 0 saturated heterocycles. The van der Waals surface area contributed by atoms with Gasteiger partial charge in [-0.3, -0.25) is 0 Å². The number of hydrogen-bond donors (Lipinski definition) is 1. The van der Waals surface area contributed by atoms with Gasteiger partial charge in [0, 0.05) is 10.0 Å². The Hall–Kier alpha value is -1.22. The zero-order valence-electron chi connectivity index (χ0n) is 10.8. The van der Waals surface area contributed by atoms with Crippen LogP contribution in [0, 0.1) is 6.92 Å². The lowest BCUT2D eigenvalue weighted by atomic mass is 9.98. The third kappa shape index (κ3) is 3.03. The Kier molecular flexibility index (Phi) is 4.35. The van der Waals surface area contributed by atoms with Crippen LogP contribution in [0.3, 0.4) is 0 Å². The molecule has 2 N–H and O–H groups in total. The smallest absolute Gasteiger partial charge is 0.121 e. The molecule has 0 aliphatic carbocycles. The highest BCUT2D eigenvalue weighted by Gasteiger charge is 2.14. The number of halogens is 2. The van der Waals surface area contributed by atoms with Crippen molar-refractivity contribution < 1.29 is 4.74 Å². The predicted octanol–water partition coefficient (Wildman–Crippen LogP) is 4.36. The van der Waals surface area contributed by atoms with Gasteiger partial charge in [-0.1, -0.05) is 35.3 Å². The molecule has 2 aromatic rings. The molecule has 0 heterocycles. The second-order valence-electron chi connectivity index (χ2n) is 4.37. The third-order valence-electron chi connectivity index (χ3n) is 3.07. The molecule has 2 rings (SSSR count). The number of benzene rings is 2. The number of rotatable bonds is 3. The van der Waals surface area contributed by atoms with Gasteiger partial charge >= 0.3 is 0 Å². The molecule has 0 aromatic heterocycles. The maximum atomic E-state index is 6.26. The van der Waals surface area contributed by atoms with E-state index >= 15 is 0 Å². The minimum Gasteiger partial charge on any atom is -0.496 e. The molecule has 19 heavy (non-hydrogen) atoms. The molecule has 2 aromatic carbocycles. The van der Waals surface area contributed by atoms with E-state index in [4.69, 9.17) is 33.7 Å². The average molecular weight is 296 g/mol. The summed E-state index contributed by atoms with van der Waals surface area (Å²) >= 11 is 12.2. The van der Waals surface area contributed by atoms with E-state index in [1.54, 1.807) is 25.3 Å². The third-order valence-corrected chi connectivity index (χ3v) is 3.65. The SMILES string of the molecule is COc1ccc(C(N)c2cc(Cl)ccc2Cl)cc1C. The number of aryl methyl sites for hydroxylation is 1. The maximum Gasteiger partial charge on any atom is 0.121 e. The number of hydrogen-bond acceptors (Lipinski definition) is 2. The first kappa shape index (κ1) is 14.2. The maximum absolute atomic E-state index is 6.26. The Labute approximate surface area is 123 Å². The van der Waals surface area contributed by atoms with Crippen molar-refractivity contribution >= 4 is 23.2 Å². The largest absolute Gasteiger partial charge is 0.496 e. The van der Waals surface area contributed by atoms with Gasteiger partial charge in [0.25, 0.3) is 0 Å². The van der Waals surface area contributed by atoms with Crippen LogP contribution < -0.4 is 10.5 Å². The van der Waals surface area contributed by atoms with Crippen LogP contribution in [-0.4, -0.2) is 7.11 Å². The Morgan fingerprint density at radius 2 is 1.84 bits per heavy atom. The van der Waals surface area contributed by atoms with Crippen LogP contribution in [0.15, 0.2) is 36.4 Å². The fourth-order valence-corrected chi connectivity index (χ4v) is 2.44. The lowest BCUT2D eigenvalue weighted by Gasteiger charge is -2.16. The molecule has 0 fully saturated rings. The molecule has 0 amide bonds. The van der Waals surface area contributed by atoms with Gasteiger partial charge in [-0.15, -0.1) is 0 Å². The van der Waals surface area contributed by atoms with Crippen molar-refractivity contribution in [2.75, 3.05) is 7.11 Å². The average Bonchev–Trinajstić information content (AvgIpc) is 2.40. The Bertz CT molecular complexity index is 599. The van der Waals surface area contributed by atoms with E-state index in [0.717, 1.165) is 22.4 Å². The molecule has 0 saturated carbocycles. The van der Waals surface area contributed by atoms with Gasteiger partial charge in [-0.05, 0) is 47.9 Å². The van der Waals surface area contributed by atoms with Gasteiger partial charge in [-0.25, -0.2) is 0 Å². The standard InChI is InChI=1S/C15H15Cl2NO/c1-9-7-10(3-6-14(9)19-2)15(18)12-8-11(16)4-5-13(12)17/h3-8,15H,18H2,1-2H3. The summed E-state index contributed by atoms with van der Waals surface area (Å²) in [5, 5.41) is 1.24. The minimum absolute atomic E-state index is 0.309. The zero-order valence-corrected chi connectivity index (χ0v) is 12.3. The van der Waals surface area contributed by atoms with Crippen LogP contribution in [0.4, 0.5) is 0 Å². The first-order valence-electron chi connectivity index (χ1n) is 5.88. The van der Waals surface area contributed by atoms with Crippen molar-refractivity contribution in [3.8, 4) is 5.75 Å². The van der Waals surface area contributed by atoms with Crippen molar-refractivity contribution in [1.82, 2.24) is 0 Å². The lowest BCUT2D eigenvalue weighted by Crippen LogP contribution is -2.12. The molecule has 4 heteroatoms. The molecule has 1 unspecified atom stereocenters. The fourth-order valence-electron chi connectivity index (χ4n) is 2.03. The highest BCUT2D eigenvalue weighted by Crippen LogP contribution is 2.31. The van der Waals surface area contributed by atoms with Crippen LogP contribution >= 0.6 is 23.2 Å². The van der Waals surface area contributed by atoms with Gasteiger partial charge < -0.3 is 10.5 Å². The van der Waals surface area contributed by atoms with Crippen LogP contribution in [0.2, 0.25) is 10.0 Å². The number of ether oxygens (including phenoxy) is 1. The molecule has 0 radical (unpaired) electrons. The summed E-state index contributed by atoms with van der Waals surface area (Å²) < 4.78 is 5.24. The van der Waals surface area contributed by atoms with Crippen LogP contribution in [0.25, 0.3) is 0 Å². The first-order valence-corrected chi connectivity index (χ1v) is 6.63. The summed E-state index contributed by atoms with van der Waals surface area (Å²) in [6.07, 6.45) is 0. The second kappa shape index (κ2) is 5.83. The highest BCUT2D eigenvalue weighted by molar-refractivity contribution is 6.33. The number of nitrogens with two attached hydrogens (primary N) is 1. The van der Waals surface area contributed by atoms with Crippen LogP contribution in [0.1, 0.15) is 22.7 Å². The molecule has 0 spiro atoms. The van der Waals surface area contributed by atoms with Gasteiger partial charge in [0.1, 0.15) is 5.75 Å². The Balaban J connectivity index is 2.41. The summed E-state index contributed by atoms with van der Waals surface area (Å²) in [4.78, 5) is 0. The number of methoxy groups -OCH3 is 1. The molecular weight excluding hydrogens is 281 g/mol. The Morgan fingerprint density at radius 1 is 1.11 bits per heavy atom. The highest BCUT2D eigenvalue weighted by atomic mass is 35.5. The minimum atomic E-state index is -0.309. The summed E-state index contributed by atoms with van der Waals surface area (Å²) in [5.74, 6) is 0.841. The molecule has 2 nitrogen and oxygen atoms in total. The van der Waals surface area contributed by atoms with Gasteiger partial charge in [0.15, 0.2) is 0 Å². The van der Waals surface area contributed by atoms with E-state index < -0.39 is 0 Å². The van der Waals surface area contributed by atoms with Crippen molar-refractivity contribution in [3.05, 3.63) is 63.1 Å². The van der Waals surface area contributed by atoms with Crippen LogP contribution in [-0.2, 0) is 0 Å². The van der Waals surface area contributed by atoms with Gasteiger partial charge in [0.2, 0.25) is 0 Å². The van der Waals surface area contributed by atoms with Crippen molar-refractivity contribution in [2.24, 2.45) is 5.73 Å². The second-order valence-corrected chi connectivity index (χ2v) is 5.22. The molecule has 0 aliphatic heterocycles. The summed E-state index contributed by atoms with van der Waals surface area (Å²) in [6.45, 7) is 1.98. The Morgan fingerprint density at radius 3 is 2.47 bits per heavy atom. The van der Waals surface area contributed by atoms with E-state index in [-0.39, 0.29) is 6.04 Å². The zero-order chi connectivity index (χ0) is 14.0. The topological polar surface area (TPSA) is 35.2 Å². The predicted molar refractivity (Wildman–Crippen MR) is 80.2 cm³/mol. The molecule has 0 aliphatic rings. The fraction of sp³-hybridized carbons (Fsp3) is 0.200.